The van der Waals surface area contributed by atoms with Gasteiger partial charge in [-0.05, 0) is 44.3 Å². The molecule has 0 aliphatic carbocycles. The Morgan fingerprint density at radius 3 is 2.07 bits per heavy atom. The third-order valence-electron chi connectivity index (χ3n) is 2.07. The zero-order chi connectivity index (χ0) is 10.8. The van der Waals surface area contributed by atoms with Crippen molar-refractivity contribution in [3.63, 3.8) is 0 Å². The van der Waals surface area contributed by atoms with Crippen LogP contribution in [0.25, 0.3) is 0 Å². The number of rotatable bonds is 3. The number of benzene rings is 1. The van der Waals surface area contributed by atoms with E-state index >= 15 is 0 Å². The van der Waals surface area contributed by atoms with Gasteiger partial charge in [-0.25, -0.2) is 0 Å². The molecule has 0 aliphatic heterocycles. The second kappa shape index (κ2) is 4.60. The maximum absolute atomic E-state index is 5.99. The van der Waals surface area contributed by atoms with E-state index < -0.39 is 8.32 Å². The molecule has 0 bridgehead atoms. The first-order valence-corrected chi connectivity index (χ1v) is 8.56. The highest BCUT2D eigenvalue weighted by molar-refractivity contribution is 9.10. The van der Waals surface area contributed by atoms with Gasteiger partial charge in [-0.1, -0.05) is 28.1 Å². The Balaban J connectivity index is 2.86. The molecule has 3 heteroatoms. The highest BCUT2D eigenvalue weighted by Gasteiger charge is 2.26. The van der Waals surface area contributed by atoms with Crippen LogP contribution >= 0.6 is 15.9 Å². The van der Waals surface area contributed by atoms with Gasteiger partial charge in [-0.3, -0.25) is 0 Å². The van der Waals surface area contributed by atoms with Crippen LogP contribution in [0, 0.1) is 0 Å². The minimum atomic E-state index is -1.69. The maximum atomic E-state index is 5.99. The van der Waals surface area contributed by atoms with E-state index in [4.69, 9.17) is 4.43 Å². The van der Waals surface area contributed by atoms with Crippen LogP contribution in [-0.2, 0) is 4.43 Å². The quantitative estimate of drug-likeness (QED) is 0.768. The van der Waals surface area contributed by atoms with Gasteiger partial charge in [0.1, 0.15) is 0 Å². The highest BCUT2D eigenvalue weighted by Crippen LogP contribution is 2.12. The van der Waals surface area contributed by atoms with Crippen LogP contribution in [0.15, 0.2) is 28.7 Å². The van der Waals surface area contributed by atoms with Crippen LogP contribution in [-0.4, -0.2) is 14.4 Å². The predicted molar refractivity (Wildman–Crippen MR) is 67.5 cm³/mol. The van der Waals surface area contributed by atoms with Crippen molar-refractivity contribution in [2.24, 2.45) is 0 Å². The Bertz CT molecular complexity index is 293. The molecule has 0 atom stereocenters. The second-order valence-corrected chi connectivity index (χ2v) is 8.93. The molecule has 0 amide bonds. The molecular weight excluding hydrogens is 256 g/mol. The van der Waals surface area contributed by atoms with Crippen LogP contribution in [0.2, 0.25) is 13.1 Å². The van der Waals surface area contributed by atoms with Crippen LogP contribution in [0.3, 0.4) is 0 Å². The summed E-state index contributed by atoms with van der Waals surface area (Å²) in [5.41, 5.74) is 0. The lowest BCUT2D eigenvalue weighted by atomic mass is 10.4. The molecule has 0 aromatic heterocycles. The Morgan fingerprint density at radius 1 is 1.14 bits per heavy atom. The zero-order valence-corrected chi connectivity index (χ0v) is 11.8. The molecule has 78 valence electrons. The first-order chi connectivity index (χ1) is 6.42. The maximum Gasteiger partial charge on any atom is 0.218 e. The van der Waals surface area contributed by atoms with Gasteiger partial charge in [0.15, 0.2) is 0 Å². The predicted octanol–water partition coefficient (Wildman–Crippen LogP) is 3.29. The molecular formula is C11H17BrOSi. The lowest BCUT2D eigenvalue weighted by Gasteiger charge is -2.25. The van der Waals surface area contributed by atoms with Crippen molar-refractivity contribution in [3.05, 3.63) is 28.7 Å². The molecule has 0 fully saturated rings. The van der Waals surface area contributed by atoms with Gasteiger partial charge in [0, 0.05) is 10.6 Å². The van der Waals surface area contributed by atoms with Crippen molar-refractivity contribution in [2.75, 3.05) is 0 Å². The van der Waals surface area contributed by atoms with E-state index in [1.807, 2.05) is 0 Å². The van der Waals surface area contributed by atoms with Crippen LogP contribution in [0.1, 0.15) is 13.8 Å². The molecule has 0 saturated heterocycles. The summed E-state index contributed by atoms with van der Waals surface area (Å²) in [5, 5.41) is 1.34. The fraction of sp³-hybridized carbons (Fsp3) is 0.455. The minimum Gasteiger partial charge on any atom is -0.411 e. The van der Waals surface area contributed by atoms with Gasteiger partial charge in [0.05, 0.1) is 0 Å². The van der Waals surface area contributed by atoms with Gasteiger partial charge >= 0.3 is 0 Å². The molecule has 14 heavy (non-hydrogen) atoms. The zero-order valence-electron chi connectivity index (χ0n) is 9.17. The van der Waals surface area contributed by atoms with Crippen molar-refractivity contribution < 1.29 is 4.43 Å². The molecule has 0 unspecified atom stereocenters. The van der Waals surface area contributed by atoms with Crippen molar-refractivity contribution in [3.8, 4) is 0 Å². The number of halogens is 1. The summed E-state index contributed by atoms with van der Waals surface area (Å²) in [6, 6.07) is 8.46. The lowest BCUT2D eigenvalue weighted by molar-refractivity contribution is 0.238. The summed E-state index contributed by atoms with van der Waals surface area (Å²) in [5.74, 6) is 0. The topological polar surface area (TPSA) is 9.23 Å². The third kappa shape index (κ3) is 3.22. The first kappa shape index (κ1) is 11.9. The van der Waals surface area contributed by atoms with E-state index in [0.717, 1.165) is 4.47 Å². The van der Waals surface area contributed by atoms with Crippen molar-refractivity contribution in [1.82, 2.24) is 0 Å². The van der Waals surface area contributed by atoms with E-state index in [9.17, 15) is 0 Å². The van der Waals surface area contributed by atoms with Gasteiger partial charge in [0.25, 0.3) is 0 Å². The second-order valence-electron chi connectivity index (χ2n) is 4.18. The summed E-state index contributed by atoms with van der Waals surface area (Å²) in [7, 11) is -1.69. The van der Waals surface area contributed by atoms with Crippen LogP contribution in [0.4, 0.5) is 0 Å². The van der Waals surface area contributed by atoms with Crippen molar-refractivity contribution >= 4 is 29.4 Å². The molecule has 1 aromatic rings. The Labute approximate surface area is 95.7 Å². The normalized spacial score (nSPS) is 12.1. The van der Waals surface area contributed by atoms with E-state index in [-0.39, 0.29) is 0 Å². The molecule has 1 aromatic carbocycles. The van der Waals surface area contributed by atoms with E-state index in [2.05, 4.69) is 67.1 Å². The molecule has 0 radical (unpaired) electrons. The molecule has 0 aliphatic rings. The van der Waals surface area contributed by atoms with Gasteiger partial charge in [-0.2, -0.15) is 0 Å². The summed E-state index contributed by atoms with van der Waals surface area (Å²) in [6.07, 6.45) is 0.306. The monoisotopic (exact) mass is 272 g/mol. The molecule has 0 spiro atoms. The molecule has 1 rings (SSSR count). The van der Waals surface area contributed by atoms with E-state index in [0.29, 0.717) is 6.10 Å². The van der Waals surface area contributed by atoms with Gasteiger partial charge < -0.3 is 4.43 Å². The Morgan fingerprint density at radius 2 is 1.64 bits per heavy atom. The van der Waals surface area contributed by atoms with Gasteiger partial charge in [-0.15, -0.1) is 0 Å². The summed E-state index contributed by atoms with van der Waals surface area (Å²) < 4.78 is 7.11. The van der Waals surface area contributed by atoms with E-state index in [1.54, 1.807) is 0 Å². The molecule has 0 heterocycles. The fourth-order valence-electron chi connectivity index (χ4n) is 1.51. The summed E-state index contributed by atoms with van der Waals surface area (Å²) in [6.45, 7) is 8.65. The smallest absolute Gasteiger partial charge is 0.218 e. The van der Waals surface area contributed by atoms with Gasteiger partial charge in [0.2, 0.25) is 8.32 Å². The first-order valence-electron chi connectivity index (χ1n) is 4.85. The SMILES string of the molecule is CC(C)O[Si](C)(C)c1ccc(Br)cc1. The average Bonchev–Trinajstić information content (AvgIpc) is 2.02. The van der Waals surface area contributed by atoms with Crippen molar-refractivity contribution in [1.29, 1.82) is 0 Å². The largest absolute Gasteiger partial charge is 0.411 e. The van der Waals surface area contributed by atoms with Crippen LogP contribution in [0.5, 0.6) is 0 Å². The van der Waals surface area contributed by atoms with E-state index in [1.165, 1.54) is 5.19 Å². The number of hydrogen-bond acceptors (Lipinski definition) is 1. The molecule has 1 nitrogen and oxygen atoms in total. The summed E-state index contributed by atoms with van der Waals surface area (Å²) >= 11 is 3.44. The average molecular weight is 273 g/mol. The summed E-state index contributed by atoms with van der Waals surface area (Å²) in [4.78, 5) is 0. The molecule has 0 saturated carbocycles. The standard InChI is InChI=1S/C11H17BrOSi/c1-9(2)13-14(3,4)11-7-5-10(12)6-8-11/h5-9H,1-4H3. The Hall–Kier alpha value is -0.123. The highest BCUT2D eigenvalue weighted by atomic mass is 79.9. The molecule has 0 N–H and O–H groups in total. The Kier molecular flexibility index (Phi) is 3.92. The third-order valence-corrected chi connectivity index (χ3v) is 5.38. The number of hydrogen-bond donors (Lipinski definition) is 0. The van der Waals surface area contributed by atoms with Crippen LogP contribution < -0.4 is 5.19 Å². The minimum absolute atomic E-state index is 0.306. The fourth-order valence-corrected chi connectivity index (χ4v) is 4.06. The van der Waals surface area contributed by atoms with Crippen molar-refractivity contribution in [2.45, 2.75) is 33.0 Å². The lowest BCUT2D eigenvalue weighted by Crippen LogP contribution is -2.46.